The van der Waals surface area contributed by atoms with Gasteiger partial charge in [0.1, 0.15) is 0 Å². The largest absolute Gasteiger partial charge is 0.380 e. The molecular weight excluding hydrogens is 590 g/mol. The van der Waals surface area contributed by atoms with Crippen LogP contribution in [0.1, 0.15) is 67.5 Å². The topological polar surface area (TPSA) is 83.7 Å². The number of aromatic nitrogens is 4. The monoisotopic (exact) mass is 636 g/mol. The number of methoxy groups -OCH3 is 1. The summed E-state index contributed by atoms with van der Waals surface area (Å²) in [6.45, 7) is 8.51. The fraction of sp³-hybridized carbons (Fsp3) is 0.618. The molecule has 0 radical (unpaired) electrons. The maximum Gasteiger partial charge on any atom is 0.264 e. The van der Waals surface area contributed by atoms with Gasteiger partial charge in [-0.1, -0.05) is 0 Å². The number of aryl methyl sites for hydroxylation is 2. The molecule has 0 bridgehead atoms. The standard InChI is InChI=1S/C34H46F2N8O2/c1-22(45)42-14-9-30-29(21-42)34(39-44(30)26-7-12-41(13-8-26)20-24-6-10-37-18-32(24)46-3)43-11-4-5-23-15-27(25-17-38-40(2)19-25)28(33(35)36)16-31(23)43/h15-17,19,24,26,32-33,37H,4-14,18,20-21H2,1-3H3/t24-,32+/m1/s1. The van der Waals surface area contributed by atoms with Crippen molar-refractivity contribution in [2.45, 2.75) is 70.6 Å². The number of amides is 1. The van der Waals surface area contributed by atoms with Gasteiger partial charge in [0, 0.05) is 107 Å². The van der Waals surface area contributed by atoms with E-state index < -0.39 is 6.43 Å². The number of nitrogens with zero attached hydrogens (tertiary/aromatic N) is 7. The Kier molecular flexibility index (Phi) is 8.86. The van der Waals surface area contributed by atoms with Crippen molar-refractivity contribution < 1.29 is 18.3 Å². The van der Waals surface area contributed by atoms with Crippen molar-refractivity contribution in [2.24, 2.45) is 13.0 Å². The number of carbonyl (C=O) groups excluding carboxylic acids is 1. The fourth-order valence-corrected chi connectivity index (χ4v) is 8.12. The maximum atomic E-state index is 14.6. The van der Waals surface area contributed by atoms with Gasteiger partial charge in [-0.2, -0.15) is 10.2 Å². The first-order chi connectivity index (χ1) is 22.3. The third-order valence-electron chi connectivity index (χ3n) is 10.6. The van der Waals surface area contributed by atoms with Gasteiger partial charge in [-0.05, 0) is 61.9 Å². The summed E-state index contributed by atoms with van der Waals surface area (Å²) < 4.78 is 38.8. The molecule has 1 aromatic carbocycles. The van der Waals surface area contributed by atoms with Crippen molar-refractivity contribution in [3.05, 3.63) is 46.9 Å². The molecule has 46 heavy (non-hydrogen) atoms. The summed E-state index contributed by atoms with van der Waals surface area (Å²) in [5, 5.41) is 13.0. The normalized spacial score (nSPS) is 22.7. The van der Waals surface area contributed by atoms with Crippen molar-refractivity contribution in [1.29, 1.82) is 0 Å². The molecule has 1 N–H and O–H groups in total. The minimum absolute atomic E-state index is 0.00847. The number of halogens is 2. The molecule has 2 aromatic heterocycles. The van der Waals surface area contributed by atoms with E-state index >= 15 is 0 Å². The zero-order valence-corrected chi connectivity index (χ0v) is 27.2. The molecule has 0 spiro atoms. The summed E-state index contributed by atoms with van der Waals surface area (Å²) in [4.78, 5) is 19.1. The summed E-state index contributed by atoms with van der Waals surface area (Å²) >= 11 is 0. The highest BCUT2D eigenvalue weighted by atomic mass is 19.3. The number of fused-ring (bicyclic) bond motifs is 2. The first-order valence-corrected chi connectivity index (χ1v) is 16.8. The van der Waals surface area contributed by atoms with Gasteiger partial charge >= 0.3 is 0 Å². The van der Waals surface area contributed by atoms with Crippen molar-refractivity contribution >= 4 is 17.4 Å². The van der Waals surface area contributed by atoms with Crippen LogP contribution in [0.5, 0.6) is 0 Å². The minimum atomic E-state index is -2.63. The van der Waals surface area contributed by atoms with Gasteiger partial charge in [0.05, 0.1) is 24.9 Å². The number of rotatable bonds is 7. The number of nitrogens with one attached hydrogen (secondary N) is 1. The third-order valence-corrected chi connectivity index (χ3v) is 10.6. The molecule has 0 unspecified atom stereocenters. The molecular formula is C34H46F2N8O2. The van der Waals surface area contributed by atoms with Gasteiger partial charge in [0.2, 0.25) is 5.91 Å². The summed E-state index contributed by atoms with van der Waals surface area (Å²) in [5.74, 6) is 1.40. The average Bonchev–Trinajstić information content (AvgIpc) is 3.67. The van der Waals surface area contributed by atoms with Crippen LogP contribution in [-0.4, -0.2) is 94.3 Å². The predicted molar refractivity (Wildman–Crippen MR) is 172 cm³/mol. The number of hydrogen-bond donors (Lipinski definition) is 1. The third kappa shape index (κ3) is 5.95. The molecule has 2 saturated heterocycles. The van der Waals surface area contributed by atoms with Crippen LogP contribution in [0.3, 0.4) is 0 Å². The molecule has 10 nitrogen and oxygen atoms in total. The number of ether oxygens (including phenoxy) is 1. The number of hydrogen-bond acceptors (Lipinski definition) is 7. The van der Waals surface area contributed by atoms with E-state index in [1.807, 2.05) is 18.1 Å². The number of likely N-dealkylation sites (tertiary alicyclic amines) is 1. The molecule has 4 aliphatic heterocycles. The van der Waals surface area contributed by atoms with Crippen molar-refractivity contribution in [3.63, 3.8) is 0 Å². The maximum absolute atomic E-state index is 14.6. The SMILES string of the molecule is CO[C@H]1CNCC[C@@H]1CN1CCC(n2nc(N3CCCc4cc(-c5cnn(C)c5)c(C(F)F)cc43)c3c2CCN(C(C)=O)C3)CC1. The van der Waals surface area contributed by atoms with E-state index in [1.54, 1.807) is 37.1 Å². The first kappa shape index (κ1) is 31.3. The van der Waals surface area contributed by atoms with E-state index in [9.17, 15) is 13.6 Å². The van der Waals surface area contributed by atoms with Gasteiger partial charge < -0.3 is 24.8 Å². The smallest absolute Gasteiger partial charge is 0.264 e. The number of anilines is 2. The van der Waals surface area contributed by atoms with Gasteiger partial charge in [-0.3, -0.25) is 14.2 Å². The lowest BCUT2D eigenvalue weighted by molar-refractivity contribution is -0.129. The number of alkyl halides is 2. The summed E-state index contributed by atoms with van der Waals surface area (Å²) in [6.07, 6.45) is 6.67. The molecule has 248 valence electrons. The average molecular weight is 637 g/mol. The van der Waals surface area contributed by atoms with Gasteiger partial charge in [-0.15, -0.1) is 0 Å². The zero-order chi connectivity index (χ0) is 31.9. The molecule has 6 heterocycles. The van der Waals surface area contributed by atoms with Crippen LogP contribution in [0.2, 0.25) is 0 Å². The van der Waals surface area contributed by atoms with E-state index in [4.69, 9.17) is 9.84 Å². The van der Waals surface area contributed by atoms with Gasteiger partial charge in [-0.25, -0.2) is 8.78 Å². The molecule has 2 atom stereocenters. The van der Waals surface area contributed by atoms with E-state index in [1.165, 1.54) is 5.69 Å². The lowest BCUT2D eigenvalue weighted by Crippen LogP contribution is -2.48. The van der Waals surface area contributed by atoms with Crippen molar-refractivity contribution in [2.75, 3.05) is 57.8 Å². The molecule has 1 amide bonds. The first-order valence-electron chi connectivity index (χ1n) is 16.8. The highest BCUT2D eigenvalue weighted by Crippen LogP contribution is 2.43. The molecule has 0 aliphatic carbocycles. The predicted octanol–water partition coefficient (Wildman–Crippen LogP) is 4.47. The van der Waals surface area contributed by atoms with Gasteiger partial charge in [0.15, 0.2) is 5.82 Å². The van der Waals surface area contributed by atoms with Crippen molar-refractivity contribution in [3.8, 4) is 11.1 Å². The lowest BCUT2D eigenvalue weighted by atomic mass is 9.92. The molecule has 7 rings (SSSR count). The Morgan fingerprint density at radius 2 is 1.96 bits per heavy atom. The number of carbonyl (C=O) groups is 1. The Morgan fingerprint density at radius 3 is 2.67 bits per heavy atom. The molecule has 2 fully saturated rings. The van der Waals surface area contributed by atoms with Crippen LogP contribution in [0.15, 0.2) is 24.5 Å². The zero-order valence-electron chi connectivity index (χ0n) is 27.2. The Bertz CT molecular complexity index is 1560. The second kappa shape index (κ2) is 13.0. The Labute approximate surface area is 269 Å². The fourth-order valence-electron chi connectivity index (χ4n) is 8.12. The Balaban J connectivity index is 1.19. The van der Waals surface area contributed by atoms with E-state index in [-0.39, 0.29) is 23.6 Å². The minimum Gasteiger partial charge on any atom is -0.380 e. The molecule has 4 aliphatic rings. The number of benzene rings is 1. The Morgan fingerprint density at radius 1 is 1.13 bits per heavy atom. The quantitative estimate of drug-likeness (QED) is 0.410. The second-order valence-electron chi connectivity index (χ2n) is 13.5. The van der Waals surface area contributed by atoms with Crippen LogP contribution in [0.25, 0.3) is 11.1 Å². The summed E-state index contributed by atoms with van der Waals surface area (Å²) in [6, 6.07) is 3.87. The second-order valence-corrected chi connectivity index (χ2v) is 13.5. The lowest BCUT2D eigenvalue weighted by Gasteiger charge is -2.38. The Hall–Kier alpha value is -3.35. The van der Waals surface area contributed by atoms with Crippen LogP contribution in [0.4, 0.5) is 20.3 Å². The van der Waals surface area contributed by atoms with Crippen LogP contribution >= 0.6 is 0 Å². The molecule has 12 heteroatoms. The van der Waals surface area contributed by atoms with Crippen LogP contribution in [-0.2, 0) is 36.0 Å². The summed E-state index contributed by atoms with van der Waals surface area (Å²) in [5.41, 5.74) is 5.33. The van der Waals surface area contributed by atoms with Gasteiger partial charge in [0.25, 0.3) is 6.43 Å². The van der Waals surface area contributed by atoms with E-state index in [0.717, 1.165) is 93.9 Å². The molecule has 3 aromatic rings. The molecule has 0 saturated carbocycles. The number of piperidine rings is 2. The highest BCUT2D eigenvalue weighted by molar-refractivity contribution is 5.78. The van der Waals surface area contributed by atoms with E-state index in [0.29, 0.717) is 36.7 Å². The highest BCUT2D eigenvalue weighted by Gasteiger charge is 2.35. The van der Waals surface area contributed by atoms with E-state index in [2.05, 4.69) is 24.9 Å². The van der Waals surface area contributed by atoms with Crippen LogP contribution < -0.4 is 10.2 Å². The van der Waals surface area contributed by atoms with Crippen LogP contribution in [0, 0.1) is 5.92 Å². The van der Waals surface area contributed by atoms with Crippen molar-refractivity contribution in [1.82, 2.24) is 34.7 Å². The summed E-state index contributed by atoms with van der Waals surface area (Å²) in [7, 11) is 3.61.